The van der Waals surface area contributed by atoms with E-state index in [1.165, 1.54) is 0 Å². The lowest BCUT2D eigenvalue weighted by Crippen LogP contribution is -2.35. The van der Waals surface area contributed by atoms with E-state index in [0.29, 0.717) is 0 Å². The van der Waals surface area contributed by atoms with Crippen LogP contribution in [-0.2, 0) is 0 Å². The van der Waals surface area contributed by atoms with Crippen molar-refractivity contribution in [1.29, 1.82) is 0 Å². The Morgan fingerprint density at radius 3 is 2.22 bits per heavy atom. The predicted octanol–water partition coefficient (Wildman–Crippen LogP) is 3.54. The van der Waals surface area contributed by atoms with Gasteiger partial charge < -0.3 is 10.6 Å². The minimum Gasteiger partial charge on any atom is -0.369 e. The summed E-state index contributed by atoms with van der Waals surface area (Å²) in [5.41, 5.74) is 0.279. The molecule has 0 aliphatic carbocycles. The van der Waals surface area contributed by atoms with Crippen molar-refractivity contribution in [1.82, 2.24) is 9.97 Å². The molecule has 1 aromatic heterocycles. The highest BCUT2D eigenvalue weighted by molar-refractivity contribution is 5.42. The molecule has 0 aliphatic rings. The van der Waals surface area contributed by atoms with Gasteiger partial charge in [-0.1, -0.05) is 20.8 Å². The highest BCUT2D eigenvalue weighted by Crippen LogP contribution is 2.29. The molecule has 0 aliphatic heterocycles. The van der Waals surface area contributed by atoms with Gasteiger partial charge in [0.2, 0.25) is 0 Å². The van der Waals surface area contributed by atoms with Crippen LogP contribution in [0.3, 0.4) is 0 Å². The van der Waals surface area contributed by atoms with Crippen LogP contribution in [0.2, 0.25) is 0 Å². The summed E-state index contributed by atoms with van der Waals surface area (Å²) in [6, 6.07) is 0. The Hall–Kier alpha value is -1.32. The molecule has 0 amide bonds. The fraction of sp³-hybridized carbons (Fsp3) is 0.714. The lowest BCUT2D eigenvalue weighted by atomic mass is 9.82. The molecule has 0 saturated heterocycles. The van der Waals surface area contributed by atoms with Crippen LogP contribution in [0, 0.1) is 5.41 Å². The van der Waals surface area contributed by atoms with Crippen LogP contribution in [0.15, 0.2) is 12.4 Å². The number of hydrogen-bond donors (Lipinski definition) is 2. The zero-order chi connectivity index (χ0) is 13.8. The highest BCUT2D eigenvalue weighted by Gasteiger charge is 2.25. The molecule has 0 bridgehead atoms. The Morgan fingerprint density at radius 1 is 1.06 bits per heavy atom. The molecule has 4 heteroatoms. The van der Waals surface area contributed by atoms with Crippen LogP contribution in [0.1, 0.15) is 48.0 Å². The summed E-state index contributed by atoms with van der Waals surface area (Å²) < 4.78 is 0. The van der Waals surface area contributed by atoms with Crippen molar-refractivity contribution in [2.24, 2.45) is 5.41 Å². The number of anilines is 2. The fourth-order valence-electron chi connectivity index (χ4n) is 2.41. The third kappa shape index (κ3) is 5.34. The lowest BCUT2D eigenvalue weighted by Gasteiger charge is -2.33. The second-order valence-electron chi connectivity index (χ2n) is 6.57. The molecule has 2 N–H and O–H groups in total. The number of nitrogens with one attached hydrogen (secondary N) is 2. The third-order valence-corrected chi connectivity index (χ3v) is 2.43. The monoisotopic (exact) mass is 250 g/mol. The molecular formula is C14H26N4. The SMILES string of the molecule is CCNc1cncc(NC(C)(C)CC(C)(C)C)n1. The molecule has 4 nitrogen and oxygen atoms in total. The van der Waals surface area contributed by atoms with E-state index in [2.05, 4.69) is 55.2 Å². The average molecular weight is 250 g/mol. The molecule has 1 aromatic rings. The van der Waals surface area contributed by atoms with Crippen molar-refractivity contribution in [2.45, 2.75) is 53.5 Å². The zero-order valence-corrected chi connectivity index (χ0v) is 12.5. The second kappa shape index (κ2) is 5.55. The van der Waals surface area contributed by atoms with E-state index in [1.807, 2.05) is 6.92 Å². The molecule has 0 radical (unpaired) electrons. The normalized spacial score (nSPS) is 12.3. The van der Waals surface area contributed by atoms with E-state index in [4.69, 9.17) is 0 Å². The average Bonchev–Trinajstić information content (AvgIpc) is 2.13. The van der Waals surface area contributed by atoms with E-state index in [9.17, 15) is 0 Å². The van der Waals surface area contributed by atoms with Crippen molar-refractivity contribution < 1.29 is 0 Å². The molecule has 1 heterocycles. The summed E-state index contributed by atoms with van der Waals surface area (Å²) in [5.74, 6) is 1.64. The number of nitrogens with zero attached hydrogens (tertiary/aromatic N) is 2. The minimum absolute atomic E-state index is 0.00221. The van der Waals surface area contributed by atoms with Crippen molar-refractivity contribution in [3.05, 3.63) is 12.4 Å². The Labute approximate surface area is 111 Å². The summed E-state index contributed by atoms with van der Waals surface area (Å²) in [4.78, 5) is 8.69. The summed E-state index contributed by atoms with van der Waals surface area (Å²) in [6.45, 7) is 14.0. The molecule has 102 valence electrons. The van der Waals surface area contributed by atoms with Gasteiger partial charge in [0, 0.05) is 12.1 Å². The maximum Gasteiger partial charge on any atom is 0.147 e. The summed E-state index contributed by atoms with van der Waals surface area (Å²) >= 11 is 0. The predicted molar refractivity (Wildman–Crippen MR) is 78.0 cm³/mol. The lowest BCUT2D eigenvalue weighted by molar-refractivity contribution is 0.302. The first-order chi connectivity index (χ1) is 8.22. The van der Waals surface area contributed by atoms with Crippen molar-refractivity contribution in [3.8, 4) is 0 Å². The van der Waals surface area contributed by atoms with E-state index >= 15 is 0 Å². The van der Waals surface area contributed by atoms with Gasteiger partial charge in [-0.3, -0.25) is 4.98 Å². The molecule has 0 atom stereocenters. The highest BCUT2D eigenvalue weighted by atomic mass is 15.1. The van der Waals surface area contributed by atoms with Gasteiger partial charge in [0.05, 0.1) is 12.4 Å². The van der Waals surface area contributed by atoms with E-state index in [0.717, 1.165) is 24.6 Å². The summed E-state index contributed by atoms with van der Waals surface area (Å²) in [6.07, 6.45) is 4.57. The molecule has 0 unspecified atom stereocenters. The molecule has 1 rings (SSSR count). The minimum atomic E-state index is -0.00221. The van der Waals surface area contributed by atoms with E-state index in [1.54, 1.807) is 12.4 Å². The molecule has 0 fully saturated rings. The van der Waals surface area contributed by atoms with Gasteiger partial charge >= 0.3 is 0 Å². The Balaban J connectivity index is 2.74. The molecular weight excluding hydrogens is 224 g/mol. The van der Waals surface area contributed by atoms with Gasteiger partial charge in [-0.25, -0.2) is 4.98 Å². The summed E-state index contributed by atoms with van der Waals surface area (Å²) in [7, 11) is 0. The first-order valence-corrected chi connectivity index (χ1v) is 6.56. The topological polar surface area (TPSA) is 49.8 Å². The van der Waals surface area contributed by atoms with E-state index in [-0.39, 0.29) is 11.0 Å². The molecule has 0 spiro atoms. The van der Waals surface area contributed by atoms with Crippen molar-refractivity contribution in [2.75, 3.05) is 17.2 Å². The molecule has 0 aromatic carbocycles. The van der Waals surface area contributed by atoms with Gasteiger partial charge in [-0.05, 0) is 32.6 Å². The van der Waals surface area contributed by atoms with Gasteiger partial charge in [-0.2, -0.15) is 0 Å². The smallest absolute Gasteiger partial charge is 0.147 e. The Bertz CT molecular complexity index is 380. The number of aromatic nitrogens is 2. The van der Waals surface area contributed by atoms with Crippen LogP contribution in [0.5, 0.6) is 0 Å². The van der Waals surface area contributed by atoms with Crippen molar-refractivity contribution >= 4 is 11.6 Å². The van der Waals surface area contributed by atoms with Crippen LogP contribution >= 0.6 is 0 Å². The fourth-order valence-corrected chi connectivity index (χ4v) is 2.41. The van der Waals surface area contributed by atoms with Crippen LogP contribution in [0.25, 0.3) is 0 Å². The zero-order valence-electron chi connectivity index (χ0n) is 12.5. The standard InChI is InChI=1S/C14H26N4/c1-7-16-11-8-15-9-12(17-11)18-14(5,6)10-13(2,3)4/h8-9H,7,10H2,1-6H3,(H2,16,17,18). The van der Waals surface area contributed by atoms with Crippen LogP contribution in [0.4, 0.5) is 11.6 Å². The number of rotatable bonds is 5. The van der Waals surface area contributed by atoms with Gasteiger partial charge in [0.25, 0.3) is 0 Å². The number of hydrogen-bond acceptors (Lipinski definition) is 4. The second-order valence-corrected chi connectivity index (χ2v) is 6.57. The maximum atomic E-state index is 4.49. The quantitative estimate of drug-likeness (QED) is 0.839. The first-order valence-electron chi connectivity index (χ1n) is 6.56. The van der Waals surface area contributed by atoms with Crippen LogP contribution in [-0.4, -0.2) is 22.1 Å². The summed E-state index contributed by atoms with van der Waals surface area (Å²) in [5, 5.41) is 6.63. The molecule has 0 saturated carbocycles. The molecule has 18 heavy (non-hydrogen) atoms. The Morgan fingerprint density at radius 2 is 1.67 bits per heavy atom. The van der Waals surface area contributed by atoms with Gasteiger partial charge in [-0.15, -0.1) is 0 Å². The van der Waals surface area contributed by atoms with Gasteiger partial charge in [0.1, 0.15) is 11.6 Å². The third-order valence-electron chi connectivity index (χ3n) is 2.43. The Kier molecular flexibility index (Phi) is 4.54. The largest absolute Gasteiger partial charge is 0.369 e. The van der Waals surface area contributed by atoms with E-state index < -0.39 is 0 Å². The van der Waals surface area contributed by atoms with Crippen molar-refractivity contribution in [3.63, 3.8) is 0 Å². The first kappa shape index (κ1) is 14.7. The van der Waals surface area contributed by atoms with Gasteiger partial charge in [0.15, 0.2) is 0 Å². The maximum absolute atomic E-state index is 4.49. The van der Waals surface area contributed by atoms with Crippen LogP contribution < -0.4 is 10.6 Å².